The van der Waals surface area contributed by atoms with E-state index in [9.17, 15) is 4.79 Å². The van der Waals surface area contributed by atoms with Crippen molar-refractivity contribution in [2.24, 2.45) is 0 Å². The van der Waals surface area contributed by atoms with Gasteiger partial charge in [0.25, 0.3) is 0 Å². The molecule has 7 nitrogen and oxygen atoms in total. The number of likely N-dealkylation sites (tertiary alicyclic amines) is 1. The Kier molecular flexibility index (Phi) is 6.54. The molecule has 1 aromatic carbocycles. The Hall–Kier alpha value is -2.26. The van der Waals surface area contributed by atoms with E-state index in [2.05, 4.69) is 42.4 Å². The molecule has 1 amide bonds. The van der Waals surface area contributed by atoms with Crippen molar-refractivity contribution in [2.45, 2.75) is 25.4 Å². The SMILES string of the molecule is O=C(CN1CCN(Cc2nc(-c3ccc(Cl)cc3)no2)CC1)N1CCCC1c1cccs1. The standard InChI is InChI=1S/C23H26ClN5O2S/c24-18-7-5-17(6-8-18)23-25-21(31-26-23)15-27-10-12-28(13-11-27)16-22(30)29-9-1-3-19(29)20-4-2-14-32-20/h2,4-8,14,19H,1,3,9-13,15-16H2. The van der Waals surface area contributed by atoms with Gasteiger partial charge in [0.15, 0.2) is 0 Å². The number of amides is 1. The fourth-order valence-electron chi connectivity index (χ4n) is 4.46. The largest absolute Gasteiger partial charge is 0.338 e. The summed E-state index contributed by atoms with van der Waals surface area (Å²) in [5, 5.41) is 6.87. The zero-order valence-electron chi connectivity index (χ0n) is 17.8. The minimum absolute atomic E-state index is 0.249. The number of carbonyl (C=O) groups is 1. The molecule has 2 saturated heterocycles. The molecule has 0 N–H and O–H groups in total. The summed E-state index contributed by atoms with van der Waals surface area (Å²) in [7, 11) is 0. The molecule has 4 heterocycles. The highest BCUT2D eigenvalue weighted by molar-refractivity contribution is 7.10. The number of rotatable bonds is 6. The molecule has 1 atom stereocenters. The normalized spacial score (nSPS) is 20.2. The number of nitrogens with zero attached hydrogens (tertiary/aromatic N) is 5. The number of carbonyl (C=O) groups excluding carboxylic acids is 1. The highest BCUT2D eigenvalue weighted by Crippen LogP contribution is 2.34. The smallest absolute Gasteiger partial charge is 0.241 e. The van der Waals surface area contributed by atoms with Crippen LogP contribution in [0.15, 0.2) is 46.3 Å². The first-order chi connectivity index (χ1) is 15.7. The Morgan fingerprint density at radius 3 is 2.62 bits per heavy atom. The predicted octanol–water partition coefficient (Wildman–Crippen LogP) is 3.93. The van der Waals surface area contributed by atoms with Crippen LogP contribution >= 0.6 is 22.9 Å². The molecule has 3 aromatic rings. The molecule has 1 unspecified atom stereocenters. The van der Waals surface area contributed by atoms with Gasteiger partial charge < -0.3 is 9.42 Å². The lowest BCUT2D eigenvalue weighted by Crippen LogP contribution is -2.49. The fraction of sp³-hybridized carbons (Fsp3) is 0.435. The van der Waals surface area contributed by atoms with E-state index in [1.54, 1.807) is 11.3 Å². The third-order valence-corrected chi connectivity index (χ3v) is 7.42. The average Bonchev–Trinajstić information content (AvgIpc) is 3.57. The van der Waals surface area contributed by atoms with Gasteiger partial charge in [-0.2, -0.15) is 4.98 Å². The van der Waals surface area contributed by atoms with E-state index in [1.807, 2.05) is 24.3 Å². The summed E-state index contributed by atoms with van der Waals surface area (Å²) in [5.41, 5.74) is 0.885. The summed E-state index contributed by atoms with van der Waals surface area (Å²) < 4.78 is 5.45. The Morgan fingerprint density at radius 1 is 1.09 bits per heavy atom. The highest BCUT2D eigenvalue weighted by atomic mass is 35.5. The number of thiophene rings is 1. The molecule has 0 bridgehead atoms. The molecule has 0 saturated carbocycles. The Balaban J connectivity index is 1.11. The molecular weight excluding hydrogens is 446 g/mol. The van der Waals surface area contributed by atoms with E-state index in [1.165, 1.54) is 4.88 Å². The molecule has 0 radical (unpaired) electrons. The van der Waals surface area contributed by atoms with Crippen LogP contribution in [0.1, 0.15) is 29.7 Å². The van der Waals surface area contributed by atoms with Gasteiger partial charge in [0.2, 0.25) is 17.6 Å². The number of halogens is 1. The monoisotopic (exact) mass is 471 g/mol. The summed E-state index contributed by atoms with van der Waals surface area (Å²) in [6, 6.07) is 11.9. The first-order valence-corrected chi connectivity index (χ1v) is 12.3. The molecule has 5 rings (SSSR count). The maximum absolute atomic E-state index is 13.0. The van der Waals surface area contributed by atoms with Crippen LogP contribution in [0.25, 0.3) is 11.4 Å². The predicted molar refractivity (Wildman–Crippen MR) is 124 cm³/mol. The summed E-state index contributed by atoms with van der Waals surface area (Å²) in [5.74, 6) is 1.43. The maximum Gasteiger partial charge on any atom is 0.241 e. The van der Waals surface area contributed by atoms with Gasteiger partial charge in [-0.3, -0.25) is 14.6 Å². The van der Waals surface area contributed by atoms with Crippen LogP contribution in [0.5, 0.6) is 0 Å². The zero-order valence-corrected chi connectivity index (χ0v) is 19.4. The molecule has 2 fully saturated rings. The van der Waals surface area contributed by atoms with Crippen molar-refractivity contribution in [2.75, 3.05) is 39.3 Å². The summed E-state index contributed by atoms with van der Waals surface area (Å²) in [6.07, 6.45) is 2.16. The summed E-state index contributed by atoms with van der Waals surface area (Å²) in [4.78, 5) is 25.4. The van der Waals surface area contributed by atoms with Gasteiger partial charge in [-0.05, 0) is 48.6 Å². The van der Waals surface area contributed by atoms with Crippen molar-refractivity contribution in [3.63, 3.8) is 0 Å². The van der Waals surface area contributed by atoms with Crippen LogP contribution in [0.3, 0.4) is 0 Å². The van der Waals surface area contributed by atoms with Crippen molar-refractivity contribution >= 4 is 28.8 Å². The van der Waals surface area contributed by atoms with E-state index in [0.29, 0.717) is 29.8 Å². The van der Waals surface area contributed by atoms with E-state index in [0.717, 1.165) is 51.1 Å². The van der Waals surface area contributed by atoms with Gasteiger partial charge in [-0.1, -0.05) is 22.8 Å². The first-order valence-electron chi connectivity index (χ1n) is 11.0. The lowest BCUT2D eigenvalue weighted by atomic mass is 10.2. The van der Waals surface area contributed by atoms with Crippen molar-refractivity contribution in [1.29, 1.82) is 0 Å². The number of hydrogen-bond acceptors (Lipinski definition) is 7. The zero-order chi connectivity index (χ0) is 21.9. The minimum atomic E-state index is 0.249. The topological polar surface area (TPSA) is 65.7 Å². The number of benzene rings is 1. The fourth-order valence-corrected chi connectivity index (χ4v) is 5.46. The van der Waals surface area contributed by atoms with Crippen LogP contribution in [0.2, 0.25) is 5.02 Å². The maximum atomic E-state index is 13.0. The van der Waals surface area contributed by atoms with E-state index in [-0.39, 0.29) is 11.9 Å². The third kappa shape index (κ3) is 4.88. The molecule has 2 aliphatic rings. The molecule has 0 aliphatic carbocycles. The van der Waals surface area contributed by atoms with Crippen molar-refractivity contribution < 1.29 is 9.32 Å². The second kappa shape index (κ2) is 9.70. The molecule has 0 spiro atoms. The second-order valence-corrected chi connectivity index (χ2v) is 9.75. The van der Waals surface area contributed by atoms with Crippen LogP contribution < -0.4 is 0 Å². The summed E-state index contributed by atoms with van der Waals surface area (Å²) >= 11 is 7.69. The summed E-state index contributed by atoms with van der Waals surface area (Å²) in [6.45, 7) is 5.46. The van der Waals surface area contributed by atoms with Crippen LogP contribution in [-0.4, -0.2) is 70.0 Å². The van der Waals surface area contributed by atoms with E-state index >= 15 is 0 Å². The average molecular weight is 472 g/mol. The van der Waals surface area contributed by atoms with Crippen LogP contribution in [0.4, 0.5) is 0 Å². The van der Waals surface area contributed by atoms with E-state index in [4.69, 9.17) is 16.1 Å². The van der Waals surface area contributed by atoms with Gasteiger partial charge >= 0.3 is 0 Å². The molecule has 32 heavy (non-hydrogen) atoms. The molecule has 2 aromatic heterocycles. The van der Waals surface area contributed by atoms with Crippen LogP contribution in [0, 0.1) is 0 Å². The lowest BCUT2D eigenvalue weighted by molar-refractivity contribution is -0.133. The van der Waals surface area contributed by atoms with Crippen LogP contribution in [-0.2, 0) is 11.3 Å². The third-order valence-electron chi connectivity index (χ3n) is 6.20. The number of aromatic nitrogens is 2. The second-order valence-electron chi connectivity index (χ2n) is 8.33. The van der Waals surface area contributed by atoms with Gasteiger partial charge in [0, 0.05) is 48.2 Å². The quantitative estimate of drug-likeness (QED) is 0.542. The Morgan fingerprint density at radius 2 is 1.88 bits per heavy atom. The van der Waals surface area contributed by atoms with Gasteiger partial charge in [0.05, 0.1) is 19.1 Å². The first kappa shape index (κ1) is 21.6. The number of piperazine rings is 1. The van der Waals surface area contributed by atoms with Crippen molar-refractivity contribution in [1.82, 2.24) is 24.8 Å². The lowest BCUT2D eigenvalue weighted by Gasteiger charge is -2.35. The van der Waals surface area contributed by atoms with Gasteiger partial charge in [-0.25, -0.2) is 0 Å². The van der Waals surface area contributed by atoms with Gasteiger partial charge in [-0.15, -0.1) is 11.3 Å². The Labute approximate surface area is 196 Å². The number of hydrogen-bond donors (Lipinski definition) is 0. The molecule has 168 valence electrons. The van der Waals surface area contributed by atoms with Crippen molar-refractivity contribution in [3.8, 4) is 11.4 Å². The van der Waals surface area contributed by atoms with E-state index < -0.39 is 0 Å². The highest BCUT2D eigenvalue weighted by Gasteiger charge is 2.32. The molecule has 9 heteroatoms. The Bertz CT molecular complexity index is 1030. The van der Waals surface area contributed by atoms with Gasteiger partial charge in [0.1, 0.15) is 0 Å². The molecule has 2 aliphatic heterocycles. The van der Waals surface area contributed by atoms with Crippen molar-refractivity contribution in [3.05, 3.63) is 57.6 Å². The minimum Gasteiger partial charge on any atom is -0.338 e. The molecular formula is C23H26ClN5O2S.